The van der Waals surface area contributed by atoms with Gasteiger partial charge < -0.3 is 9.80 Å². The van der Waals surface area contributed by atoms with Gasteiger partial charge >= 0.3 is 0 Å². The minimum absolute atomic E-state index is 0.261. The zero-order chi connectivity index (χ0) is 23.7. The van der Waals surface area contributed by atoms with Crippen LogP contribution in [0.15, 0.2) is 55.1 Å². The van der Waals surface area contributed by atoms with Crippen LogP contribution in [0.5, 0.6) is 0 Å². The standard InChI is InChI=1S/C25H28N8O/c1-31-10-7-21(8-11-31)33(3)23-13-18(6-9-26-23)24(34)30-25-27-14-19-5-4-17(12-22(19)29-25)20-15-28-32(2)16-20/h4-6,9,12-16,21H,7-8,10-11H2,1-3H3,(H,27,29,30,34). The van der Waals surface area contributed by atoms with Crippen LogP contribution in [0, 0.1) is 0 Å². The molecule has 1 N–H and O–H groups in total. The Morgan fingerprint density at radius 1 is 1.06 bits per heavy atom. The summed E-state index contributed by atoms with van der Waals surface area (Å²) in [5, 5.41) is 7.97. The Kier molecular flexibility index (Phi) is 5.93. The number of pyridine rings is 1. The summed E-state index contributed by atoms with van der Waals surface area (Å²) < 4.78 is 1.76. The molecule has 0 aliphatic carbocycles. The van der Waals surface area contributed by atoms with Gasteiger partial charge in [0.1, 0.15) is 5.82 Å². The molecule has 4 aromatic rings. The summed E-state index contributed by atoms with van der Waals surface area (Å²) in [6.07, 6.45) is 9.32. The average Bonchev–Trinajstić information content (AvgIpc) is 3.30. The number of piperidine rings is 1. The van der Waals surface area contributed by atoms with E-state index < -0.39 is 0 Å². The molecule has 1 aliphatic heterocycles. The van der Waals surface area contributed by atoms with Gasteiger partial charge in [-0.05, 0) is 56.7 Å². The topological polar surface area (TPSA) is 92.1 Å². The van der Waals surface area contributed by atoms with Crippen molar-refractivity contribution in [2.75, 3.05) is 37.4 Å². The lowest BCUT2D eigenvalue weighted by Crippen LogP contribution is -2.42. The van der Waals surface area contributed by atoms with Gasteiger partial charge in [0.05, 0.1) is 11.7 Å². The van der Waals surface area contributed by atoms with Crippen molar-refractivity contribution >= 4 is 28.6 Å². The zero-order valence-corrected chi connectivity index (χ0v) is 19.6. The third-order valence-corrected chi connectivity index (χ3v) is 6.45. The minimum Gasteiger partial charge on any atom is -0.357 e. The molecule has 34 heavy (non-hydrogen) atoms. The molecule has 1 fully saturated rings. The lowest BCUT2D eigenvalue weighted by Gasteiger charge is -2.35. The van der Waals surface area contributed by atoms with E-state index in [4.69, 9.17) is 0 Å². The number of carbonyl (C=O) groups is 1. The maximum absolute atomic E-state index is 13.0. The maximum Gasteiger partial charge on any atom is 0.258 e. The van der Waals surface area contributed by atoms with Gasteiger partial charge in [0.2, 0.25) is 5.95 Å². The first-order valence-electron chi connectivity index (χ1n) is 11.4. The highest BCUT2D eigenvalue weighted by molar-refractivity contribution is 6.04. The van der Waals surface area contributed by atoms with Crippen LogP contribution in [0.3, 0.4) is 0 Å². The number of anilines is 2. The lowest BCUT2D eigenvalue weighted by molar-refractivity contribution is 0.102. The van der Waals surface area contributed by atoms with E-state index in [0.29, 0.717) is 11.6 Å². The van der Waals surface area contributed by atoms with E-state index in [9.17, 15) is 4.79 Å². The van der Waals surface area contributed by atoms with Gasteiger partial charge in [-0.2, -0.15) is 5.10 Å². The fraction of sp³-hybridized carbons (Fsp3) is 0.320. The maximum atomic E-state index is 13.0. The number of amides is 1. The molecule has 9 nitrogen and oxygen atoms in total. The monoisotopic (exact) mass is 456 g/mol. The van der Waals surface area contributed by atoms with E-state index in [1.165, 1.54) is 0 Å². The number of aryl methyl sites for hydroxylation is 1. The van der Waals surface area contributed by atoms with Crippen molar-refractivity contribution in [3.63, 3.8) is 0 Å². The molecule has 0 radical (unpaired) electrons. The molecule has 0 atom stereocenters. The minimum atomic E-state index is -0.261. The molecule has 1 aromatic carbocycles. The number of nitrogens with zero attached hydrogens (tertiary/aromatic N) is 7. The van der Waals surface area contributed by atoms with Crippen molar-refractivity contribution in [3.8, 4) is 11.1 Å². The highest BCUT2D eigenvalue weighted by atomic mass is 16.1. The fourth-order valence-electron chi connectivity index (χ4n) is 4.33. The van der Waals surface area contributed by atoms with Gasteiger partial charge in [0.25, 0.3) is 5.91 Å². The molecule has 0 saturated carbocycles. The van der Waals surface area contributed by atoms with Crippen molar-refractivity contribution in [3.05, 3.63) is 60.7 Å². The van der Waals surface area contributed by atoms with E-state index >= 15 is 0 Å². The van der Waals surface area contributed by atoms with Gasteiger partial charge in [-0.1, -0.05) is 12.1 Å². The number of fused-ring (bicyclic) bond motifs is 1. The van der Waals surface area contributed by atoms with Gasteiger partial charge in [0, 0.05) is 55.2 Å². The highest BCUT2D eigenvalue weighted by Crippen LogP contribution is 2.24. The molecule has 3 aromatic heterocycles. The van der Waals surface area contributed by atoms with Crippen molar-refractivity contribution in [2.24, 2.45) is 7.05 Å². The zero-order valence-electron chi connectivity index (χ0n) is 19.6. The van der Waals surface area contributed by atoms with Crippen LogP contribution in [0.4, 0.5) is 11.8 Å². The Morgan fingerprint density at radius 2 is 1.88 bits per heavy atom. The molecule has 0 bridgehead atoms. The molecule has 1 aliphatic rings. The SMILES string of the molecule is CN1CCC(N(C)c2cc(C(=O)Nc3ncc4ccc(-c5cnn(C)c5)cc4n3)ccn2)CC1. The second-order valence-electron chi connectivity index (χ2n) is 8.87. The molecule has 1 amide bonds. The van der Waals surface area contributed by atoms with Crippen LogP contribution >= 0.6 is 0 Å². The van der Waals surface area contributed by atoms with Crippen LogP contribution in [-0.2, 0) is 7.05 Å². The van der Waals surface area contributed by atoms with E-state index in [-0.39, 0.29) is 11.9 Å². The Bertz CT molecular complexity index is 1330. The number of benzene rings is 1. The van der Waals surface area contributed by atoms with E-state index in [1.54, 1.807) is 23.1 Å². The molecular weight excluding hydrogens is 428 g/mol. The van der Waals surface area contributed by atoms with Gasteiger partial charge in [0.15, 0.2) is 0 Å². The molecule has 1 saturated heterocycles. The smallest absolute Gasteiger partial charge is 0.258 e. The molecule has 5 rings (SSSR count). The molecular formula is C25H28N8O. The van der Waals surface area contributed by atoms with Gasteiger partial charge in [-0.15, -0.1) is 0 Å². The predicted molar refractivity (Wildman–Crippen MR) is 133 cm³/mol. The number of hydrogen-bond donors (Lipinski definition) is 1. The Balaban J connectivity index is 1.33. The summed E-state index contributed by atoms with van der Waals surface area (Å²) in [6, 6.07) is 9.92. The first-order valence-corrected chi connectivity index (χ1v) is 11.4. The summed E-state index contributed by atoms with van der Waals surface area (Å²) in [5.41, 5.74) is 3.29. The first-order chi connectivity index (χ1) is 16.5. The summed E-state index contributed by atoms with van der Waals surface area (Å²) in [4.78, 5) is 30.9. The Hall–Kier alpha value is -3.85. The van der Waals surface area contributed by atoms with Crippen LogP contribution in [0.1, 0.15) is 23.2 Å². The third-order valence-electron chi connectivity index (χ3n) is 6.45. The first kappa shape index (κ1) is 22.0. The van der Waals surface area contributed by atoms with Crippen LogP contribution in [-0.4, -0.2) is 68.8 Å². The van der Waals surface area contributed by atoms with Crippen molar-refractivity contribution in [2.45, 2.75) is 18.9 Å². The van der Waals surface area contributed by atoms with Crippen molar-refractivity contribution in [1.29, 1.82) is 0 Å². The largest absolute Gasteiger partial charge is 0.357 e. The Labute approximate surface area is 198 Å². The summed E-state index contributed by atoms with van der Waals surface area (Å²) in [6.45, 7) is 2.13. The fourth-order valence-corrected chi connectivity index (χ4v) is 4.33. The van der Waals surface area contributed by atoms with Crippen molar-refractivity contribution < 1.29 is 4.79 Å². The second kappa shape index (κ2) is 9.18. The van der Waals surface area contributed by atoms with Crippen LogP contribution < -0.4 is 10.2 Å². The van der Waals surface area contributed by atoms with E-state index in [1.807, 2.05) is 50.8 Å². The summed E-state index contributed by atoms with van der Waals surface area (Å²) in [5.74, 6) is 0.800. The van der Waals surface area contributed by atoms with Crippen LogP contribution in [0.25, 0.3) is 22.0 Å². The second-order valence-corrected chi connectivity index (χ2v) is 8.87. The Morgan fingerprint density at radius 3 is 2.65 bits per heavy atom. The van der Waals surface area contributed by atoms with E-state index in [0.717, 1.165) is 53.8 Å². The molecule has 4 heterocycles. The molecule has 174 valence electrons. The average molecular weight is 457 g/mol. The summed E-state index contributed by atoms with van der Waals surface area (Å²) in [7, 11) is 6.08. The highest BCUT2D eigenvalue weighted by Gasteiger charge is 2.22. The molecule has 0 spiro atoms. The number of carbonyl (C=O) groups excluding carboxylic acids is 1. The summed E-state index contributed by atoms with van der Waals surface area (Å²) >= 11 is 0. The number of nitrogens with one attached hydrogen (secondary N) is 1. The normalized spacial score (nSPS) is 14.9. The number of likely N-dealkylation sites (tertiary alicyclic amines) is 1. The van der Waals surface area contributed by atoms with Crippen LogP contribution in [0.2, 0.25) is 0 Å². The van der Waals surface area contributed by atoms with Crippen molar-refractivity contribution in [1.82, 2.24) is 29.6 Å². The number of hydrogen-bond acceptors (Lipinski definition) is 7. The molecule has 9 heteroatoms. The van der Waals surface area contributed by atoms with Gasteiger partial charge in [-0.3, -0.25) is 14.8 Å². The van der Waals surface area contributed by atoms with Gasteiger partial charge in [-0.25, -0.2) is 15.0 Å². The quantitative estimate of drug-likeness (QED) is 0.493. The lowest BCUT2D eigenvalue weighted by atomic mass is 10.0. The predicted octanol–water partition coefficient (Wildman–Crippen LogP) is 3.21. The molecule has 0 unspecified atom stereocenters. The third kappa shape index (κ3) is 4.60. The van der Waals surface area contributed by atoms with E-state index in [2.05, 4.69) is 42.2 Å². The number of aromatic nitrogens is 5. The number of rotatable bonds is 5.